The minimum atomic E-state index is -1.55. The van der Waals surface area contributed by atoms with Crippen molar-refractivity contribution in [2.75, 3.05) is 7.05 Å². The minimum absolute atomic E-state index is 0.195. The molecule has 3 aromatic rings. The second kappa shape index (κ2) is 6.24. The van der Waals surface area contributed by atoms with E-state index in [4.69, 9.17) is 0 Å². The van der Waals surface area contributed by atoms with Crippen molar-refractivity contribution >= 4 is 11.0 Å². The van der Waals surface area contributed by atoms with E-state index in [1.54, 1.807) is 46.2 Å². The van der Waals surface area contributed by atoms with Gasteiger partial charge in [-0.25, -0.2) is 13.6 Å². The van der Waals surface area contributed by atoms with Crippen LogP contribution in [0, 0.1) is 5.82 Å². The Hall–Kier alpha value is -2.25. The number of aromatic nitrogens is 3. The fraction of sp³-hybridized carbons (Fsp3) is 0.278. The predicted molar refractivity (Wildman–Crippen MR) is 95.0 cm³/mol. The van der Waals surface area contributed by atoms with Gasteiger partial charge in [0.25, 0.3) is 0 Å². The molecule has 0 saturated heterocycles. The molecule has 1 aliphatic rings. The van der Waals surface area contributed by atoms with Gasteiger partial charge in [0, 0.05) is 37.2 Å². The van der Waals surface area contributed by atoms with Crippen LogP contribution in [0.4, 0.5) is 4.39 Å². The number of aryl methyl sites for hydroxylation is 1. The average Bonchev–Trinajstić information content (AvgIpc) is 3.29. The summed E-state index contributed by atoms with van der Waals surface area (Å²) in [7, 11) is 2.17. The van der Waals surface area contributed by atoms with E-state index in [-0.39, 0.29) is 11.9 Å². The number of nitrogens with zero attached hydrogens (tertiary/aromatic N) is 3. The SMILES string of the molecule is CNC1CCc2c1cn(S(=O)c1nccn1C)c2-c1ccccc1F. The Bertz CT molecular complexity index is 962. The van der Waals surface area contributed by atoms with Crippen LogP contribution in [0.1, 0.15) is 23.6 Å². The Balaban J connectivity index is 1.94. The number of hydrogen-bond donors (Lipinski definition) is 1. The van der Waals surface area contributed by atoms with Crippen molar-refractivity contribution in [1.29, 1.82) is 0 Å². The Morgan fingerprint density at radius 1 is 1.36 bits per heavy atom. The summed E-state index contributed by atoms with van der Waals surface area (Å²) in [6.45, 7) is 0. The number of halogens is 1. The smallest absolute Gasteiger partial charge is 0.220 e. The number of hydrogen-bond acceptors (Lipinski definition) is 3. The molecule has 2 aromatic heterocycles. The van der Waals surface area contributed by atoms with Gasteiger partial charge in [-0.05, 0) is 43.1 Å². The normalized spacial score (nSPS) is 17.6. The van der Waals surface area contributed by atoms with E-state index in [0.717, 1.165) is 24.0 Å². The van der Waals surface area contributed by atoms with E-state index in [1.807, 2.05) is 13.2 Å². The van der Waals surface area contributed by atoms with Crippen LogP contribution in [0.5, 0.6) is 0 Å². The van der Waals surface area contributed by atoms with Gasteiger partial charge in [0.15, 0.2) is 11.0 Å². The average molecular weight is 358 g/mol. The summed E-state index contributed by atoms with van der Waals surface area (Å²) < 4.78 is 31.1. The quantitative estimate of drug-likeness (QED) is 0.780. The van der Waals surface area contributed by atoms with Gasteiger partial charge in [0.05, 0.1) is 5.69 Å². The minimum Gasteiger partial charge on any atom is -0.326 e. The van der Waals surface area contributed by atoms with E-state index in [0.29, 0.717) is 16.4 Å². The fourth-order valence-corrected chi connectivity index (χ4v) is 4.74. The van der Waals surface area contributed by atoms with Gasteiger partial charge >= 0.3 is 0 Å². The van der Waals surface area contributed by atoms with Gasteiger partial charge in [0.1, 0.15) is 5.82 Å². The largest absolute Gasteiger partial charge is 0.326 e. The van der Waals surface area contributed by atoms with Crippen molar-refractivity contribution in [2.24, 2.45) is 7.05 Å². The van der Waals surface area contributed by atoms with Crippen molar-refractivity contribution < 1.29 is 8.60 Å². The van der Waals surface area contributed by atoms with Crippen molar-refractivity contribution in [2.45, 2.75) is 24.0 Å². The highest BCUT2D eigenvalue weighted by Crippen LogP contribution is 2.40. The molecule has 1 aliphatic carbocycles. The summed E-state index contributed by atoms with van der Waals surface area (Å²) in [5, 5.41) is 3.72. The zero-order chi connectivity index (χ0) is 17.6. The monoisotopic (exact) mass is 358 g/mol. The van der Waals surface area contributed by atoms with Gasteiger partial charge in [-0.1, -0.05) is 12.1 Å². The summed E-state index contributed by atoms with van der Waals surface area (Å²) in [6, 6.07) is 6.84. The summed E-state index contributed by atoms with van der Waals surface area (Å²) >= 11 is 0. The summed E-state index contributed by atoms with van der Waals surface area (Å²) in [6.07, 6.45) is 7.04. The molecule has 0 aliphatic heterocycles. The van der Waals surface area contributed by atoms with Crippen LogP contribution in [0.3, 0.4) is 0 Å². The molecule has 2 atom stereocenters. The van der Waals surface area contributed by atoms with Crippen LogP contribution in [-0.4, -0.2) is 24.8 Å². The van der Waals surface area contributed by atoms with Gasteiger partial charge in [0.2, 0.25) is 5.16 Å². The van der Waals surface area contributed by atoms with Crippen LogP contribution in [0.15, 0.2) is 48.0 Å². The lowest BCUT2D eigenvalue weighted by Crippen LogP contribution is -2.14. The third-order valence-electron chi connectivity index (χ3n) is 4.76. The molecule has 0 bridgehead atoms. The maximum absolute atomic E-state index is 14.5. The van der Waals surface area contributed by atoms with Crippen LogP contribution in [-0.2, 0) is 24.5 Å². The van der Waals surface area contributed by atoms with E-state index in [9.17, 15) is 8.60 Å². The molecule has 0 amide bonds. The Morgan fingerprint density at radius 3 is 2.84 bits per heavy atom. The third kappa shape index (κ3) is 2.54. The molecule has 5 nitrogen and oxygen atoms in total. The highest BCUT2D eigenvalue weighted by Gasteiger charge is 2.31. The Morgan fingerprint density at radius 2 is 2.16 bits per heavy atom. The lowest BCUT2D eigenvalue weighted by molar-refractivity contribution is 0.587. The second-order valence-electron chi connectivity index (χ2n) is 6.17. The predicted octanol–water partition coefficient (Wildman–Crippen LogP) is 2.81. The maximum Gasteiger partial charge on any atom is 0.220 e. The molecule has 2 heterocycles. The van der Waals surface area contributed by atoms with Crippen LogP contribution < -0.4 is 5.32 Å². The zero-order valence-corrected chi connectivity index (χ0v) is 14.9. The van der Waals surface area contributed by atoms with Gasteiger partial charge in [-0.15, -0.1) is 0 Å². The molecule has 0 radical (unpaired) electrons. The first kappa shape index (κ1) is 16.2. The highest BCUT2D eigenvalue weighted by atomic mass is 32.2. The molecule has 2 unspecified atom stereocenters. The van der Waals surface area contributed by atoms with Crippen molar-refractivity contribution in [3.05, 3.63) is 59.8 Å². The Labute approximate surface area is 148 Å². The molecule has 1 N–H and O–H groups in total. The molecule has 0 spiro atoms. The van der Waals surface area contributed by atoms with Crippen molar-refractivity contribution in [3.8, 4) is 11.3 Å². The first-order valence-corrected chi connectivity index (χ1v) is 9.28. The maximum atomic E-state index is 14.5. The lowest BCUT2D eigenvalue weighted by atomic mass is 10.1. The first-order chi connectivity index (χ1) is 12.1. The molecule has 1 aromatic carbocycles. The fourth-order valence-electron chi connectivity index (χ4n) is 3.52. The lowest BCUT2D eigenvalue weighted by Gasteiger charge is -2.12. The molecule has 0 saturated carbocycles. The van der Waals surface area contributed by atoms with E-state index >= 15 is 0 Å². The summed E-state index contributed by atoms with van der Waals surface area (Å²) in [5.41, 5.74) is 3.31. The first-order valence-electron chi connectivity index (χ1n) is 8.17. The molecule has 130 valence electrons. The third-order valence-corrected chi connectivity index (χ3v) is 6.11. The second-order valence-corrected chi connectivity index (χ2v) is 7.42. The Kier molecular flexibility index (Phi) is 4.05. The van der Waals surface area contributed by atoms with Gasteiger partial charge < -0.3 is 9.88 Å². The van der Waals surface area contributed by atoms with E-state index < -0.39 is 11.0 Å². The molecule has 0 fully saturated rings. The standard InChI is InChI=1S/C18H19FN4OS/c1-20-16-8-7-12-14(16)11-23(25(24)18-21-9-10-22(18)2)17(12)13-5-3-4-6-15(13)19/h3-6,9-11,16,20H,7-8H2,1-2H3. The number of rotatable bonds is 4. The van der Waals surface area contributed by atoms with Gasteiger partial charge in [-0.3, -0.25) is 3.97 Å². The topological polar surface area (TPSA) is 51.9 Å². The molecule has 25 heavy (non-hydrogen) atoms. The number of benzene rings is 1. The molecule has 7 heteroatoms. The van der Waals surface area contributed by atoms with Gasteiger partial charge in [-0.2, -0.15) is 0 Å². The number of imidazole rings is 1. The van der Waals surface area contributed by atoms with E-state index in [1.165, 1.54) is 6.07 Å². The van der Waals surface area contributed by atoms with Crippen LogP contribution >= 0.6 is 0 Å². The summed E-state index contributed by atoms with van der Waals surface area (Å²) in [4.78, 5) is 4.20. The van der Waals surface area contributed by atoms with Crippen molar-refractivity contribution in [3.63, 3.8) is 0 Å². The zero-order valence-electron chi connectivity index (χ0n) is 14.1. The number of fused-ring (bicyclic) bond motifs is 1. The molecule has 4 rings (SSSR count). The van der Waals surface area contributed by atoms with Crippen LogP contribution in [0.2, 0.25) is 0 Å². The molecular weight excluding hydrogens is 339 g/mol. The molecular formula is C18H19FN4OS. The highest BCUT2D eigenvalue weighted by molar-refractivity contribution is 7.83. The summed E-state index contributed by atoms with van der Waals surface area (Å²) in [5.74, 6) is -0.311. The van der Waals surface area contributed by atoms with Crippen LogP contribution in [0.25, 0.3) is 11.3 Å². The van der Waals surface area contributed by atoms with E-state index in [2.05, 4.69) is 10.3 Å². The number of nitrogens with one attached hydrogen (secondary N) is 1. The van der Waals surface area contributed by atoms with Crippen molar-refractivity contribution in [1.82, 2.24) is 18.8 Å².